The molecule has 1 heterocycles. The fraction of sp³-hybridized carbons (Fsp3) is 0.308. The molecule has 19 heavy (non-hydrogen) atoms. The molecule has 0 aliphatic carbocycles. The molecule has 6 heteroatoms. The van der Waals surface area contributed by atoms with Gasteiger partial charge in [-0.25, -0.2) is 4.90 Å². The lowest BCUT2D eigenvalue weighted by Crippen LogP contribution is -2.47. The average Bonchev–Trinajstić information content (AvgIpc) is 2.40. The van der Waals surface area contributed by atoms with Gasteiger partial charge in [0, 0.05) is 0 Å². The summed E-state index contributed by atoms with van der Waals surface area (Å²) >= 11 is 0. The third-order valence-corrected chi connectivity index (χ3v) is 2.87. The van der Waals surface area contributed by atoms with E-state index in [1.165, 1.54) is 13.0 Å². The van der Waals surface area contributed by atoms with Gasteiger partial charge in [-0.1, -0.05) is 6.07 Å². The number of carbonyl (C=O) groups is 2. The lowest BCUT2D eigenvalue weighted by atomic mass is 10.1. The average molecular weight is 259 g/mol. The summed E-state index contributed by atoms with van der Waals surface area (Å²) in [4.78, 5) is 24.4. The molecular weight excluding hydrogens is 246 g/mol. The molecule has 0 spiro atoms. The molecule has 0 saturated carbocycles. The molecule has 0 fully saturated rings. The highest BCUT2D eigenvalue weighted by Crippen LogP contribution is 2.35. The van der Waals surface area contributed by atoms with Gasteiger partial charge in [-0.05, 0) is 37.6 Å². The molecule has 2 rings (SSSR count). The van der Waals surface area contributed by atoms with E-state index in [0.717, 1.165) is 10.5 Å². The Bertz CT molecular complexity index is 577. The lowest BCUT2D eigenvalue weighted by Gasteiger charge is -2.30. The largest absolute Gasteiger partial charge is 0.479 e. The number of ether oxygens (including phenoxy) is 1. The van der Waals surface area contributed by atoms with Crippen LogP contribution in [0.3, 0.4) is 0 Å². The molecule has 0 radical (unpaired) electrons. The number of nitriles is 1. The SMILES string of the molecule is CC1Oc2ccc(CCN)cc2N(C(=O)C#N)C1=O. The normalized spacial score (nSPS) is 17.4. The molecule has 0 aromatic heterocycles. The summed E-state index contributed by atoms with van der Waals surface area (Å²) in [6.45, 7) is 1.99. The Labute approximate surface area is 110 Å². The van der Waals surface area contributed by atoms with Crippen LogP contribution in [0.2, 0.25) is 0 Å². The predicted molar refractivity (Wildman–Crippen MR) is 67.4 cm³/mol. The molecule has 0 bridgehead atoms. The minimum absolute atomic E-state index is 0.306. The maximum atomic E-state index is 12.0. The van der Waals surface area contributed by atoms with Gasteiger partial charge < -0.3 is 10.5 Å². The molecule has 1 aromatic rings. The second-order valence-corrected chi connectivity index (χ2v) is 4.19. The molecule has 6 nitrogen and oxygen atoms in total. The molecule has 1 aromatic carbocycles. The van der Waals surface area contributed by atoms with Crippen LogP contribution in [0.25, 0.3) is 0 Å². The van der Waals surface area contributed by atoms with Crippen LogP contribution < -0.4 is 15.4 Å². The van der Waals surface area contributed by atoms with Crippen molar-refractivity contribution in [3.8, 4) is 11.8 Å². The summed E-state index contributed by atoms with van der Waals surface area (Å²) < 4.78 is 5.42. The number of carbonyl (C=O) groups excluding carboxylic acids is 2. The van der Waals surface area contributed by atoms with Crippen LogP contribution in [0.1, 0.15) is 12.5 Å². The Morgan fingerprint density at radius 2 is 2.32 bits per heavy atom. The smallest absolute Gasteiger partial charge is 0.336 e. The van der Waals surface area contributed by atoms with E-state index in [1.54, 1.807) is 12.1 Å². The van der Waals surface area contributed by atoms with E-state index in [2.05, 4.69) is 0 Å². The zero-order chi connectivity index (χ0) is 14.0. The molecule has 2 N–H and O–H groups in total. The maximum Gasteiger partial charge on any atom is 0.336 e. The van der Waals surface area contributed by atoms with Gasteiger partial charge in [0.1, 0.15) is 5.75 Å². The molecule has 1 atom stereocenters. The number of hydrogen-bond donors (Lipinski definition) is 1. The molecule has 98 valence electrons. The van der Waals surface area contributed by atoms with Crippen molar-refractivity contribution in [1.29, 1.82) is 5.26 Å². The number of fused-ring (bicyclic) bond motifs is 1. The zero-order valence-electron chi connectivity index (χ0n) is 10.4. The Hall–Kier alpha value is -2.39. The number of imide groups is 1. The highest BCUT2D eigenvalue weighted by atomic mass is 16.5. The maximum absolute atomic E-state index is 12.0. The standard InChI is InChI=1S/C13H13N3O3/c1-8-13(18)16(12(17)7-15)10-6-9(4-5-14)2-3-11(10)19-8/h2-3,6,8H,4-5,14H2,1H3. The van der Waals surface area contributed by atoms with Crippen molar-refractivity contribution < 1.29 is 14.3 Å². The number of anilines is 1. The van der Waals surface area contributed by atoms with Crippen molar-refractivity contribution in [3.63, 3.8) is 0 Å². The highest BCUT2D eigenvalue weighted by Gasteiger charge is 2.35. The molecule has 1 aliphatic rings. The van der Waals surface area contributed by atoms with Crippen LogP contribution in [0.15, 0.2) is 18.2 Å². The third-order valence-electron chi connectivity index (χ3n) is 2.87. The fourth-order valence-electron chi connectivity index (χ4n) is 1.96. The van der Waals surface area contributed by atoms with Gasteiger partial charge in [0.2, 0.25) is 0 Å². The van der Waals surface area contributed by atoms with Gasteiger partial charge in [-0.2, -0.15) is 5.26 Å². The molecule has 2 amide bonds. The predicted octanol–water partition coefficient (Wildman–Crippen LogP) is 0.352. The first kappa shape index (κ1) is 13.1. The van der Waals surface area contributed by atoms with Gasteiger partial charge in [-0.3, -0.25) is 9.59 Å². The van der Waals surface area contributed by atoms with Crippen LogP contribution in [-0.2, 0) is 16.0 Å². The third kappa shape index (κ3) is 2.28. The van der Waals surface area contributed by atoms with E-state index in [0.29, 0.717) is 24.4 Å². The minimum Gasteiger partial charge on any atom is -0.479 e. The highest BCUT2D eigenvalue weighted by molar-refractivity contribution is 6.23. The van der Waals surface area contributed by atoms with Gasteiger partial charge in [0.05, 0.1) is 5.69 Å². The summed E-state index contributed by atoms with van der Waals surface area (Å²) in [5.74, 6) is -1.04. The Morgan fingerprint density at radius 1 is 1.58 bits per heavy atom. The number of nitrogens with two attached hydrogens (primary N) is 1. The first-order chi connectivity index (χ1) is 9.08. The summed E-state index contributed by atoms with van der Waals surface area (Å²) in [5.41, 5.74) is 6.66. The van der Waals surface area contributed by atoms with E-state index >= 15 is 0 Å². The molecular formula is C13H13N3O3. The van der Waals surface area contributed by atoms with Crippen molar-refractivity contribution in [1.82, 2.24) is 0 Å². The number of benzene rings is 1. The topological polar surface area (TPSA) is 96.4 Å². The number of nitrogens with zero attached hydrogens (tertiary/aromatic N) is 2. The monoisotopic (exact) mass is 259 g/mol. The summed E-state index contributed by atoms with van der Waals surface area (Å²) in [6, 6.07) is 6.62. The number of amides is 2. The lowest BCUT2D eigenvalue weighted by molar-refractivity contribution is -0.129. The van der Waals surface area contributed by atoms with Crippen LogP contribution in [0.4, 0.5) is 5.69 Å². The molecule has 1 unspecified atom stereocenters. The van der Waals surface area contributed by atoms with Crippen LogP contribution in [-0.4, -0.2) is 24.5 Å². The van der Waals surface area contributed by atoms with Crippen LogP contribution in [0, 0.1) is 11.3 Å². The quantitative estimate of drug-likeness (QED) is 0.773. The van der Waals surface area contributed by atoms with Gasteiger partial charge in [-0.15, -0.1) is 0 Å². The van der Waals surface area contributed by atoms with E-state index in [-0.39, 0.29) is 0 Å². The van der Waals surface area contributed by atoms with Crippen molar-refractivity contribution in [2.75, 3.05) is 11.4 Å². The molecule has 1 aliphatic heterocycles. The zero-order valence-corrected chi connectivity index (χ0v) is 10.4. The summed E-state index contributed by atoms with van der Waals surface area (Å²) in [6.07, 6.45) is -0.170. The van der Waals surface area contributed by atoms with Crippen molar-refractivity contribution in [2.45, 2.75) is 19.4 Å². The second kappa shape index (κ2) is 5.08. The van der Waals surface area contributed by atoms with E-state index in [4.69, 9.17) is 15.7 Å². The fourth-order valence-corrected chi connectivity index (χ4v) is 1.96. The number of rotatable bonds is 2. The van der Waals surface area contributed by atoms with Crippen molar-refractivity contribution in [2.24, 2.45) is 5.73 Å². The van der Waals surface area contributed by atoms with Gasteiger partial charge >= 0.3 is 5.91 Å². The molecule has 0 saturated heterocycles. The second-order valence-electron chi connectivity index (χ2n) is 4.19. The van der Waals surface area contributed by atoms with Gasteiger partial charge in [0.15, 0.2) is 12.2 Å². The van der Waals surface area contributed by atoms with Crippen molar-refractivity contribution >= 4 is 17.5 Å². The van der Waals surface area contributed by atoms with Crippen LogP contribution in [0.5, 0.6) is 5.75 Å². The summed E-state index contributed by atoms with van der Waals surface area (Å²) in [7, 11) is 0. The van der Waals surface area contributed by atoms with Gasteiger partial charge in [0.25, 0.3) is 5.91 Å². The summed E-state index contributed by atoms with van der Waals surface area (Å²) in [5, 5.41) is 8.74. The Morgan fingerprint density at radius 3 is 2.95 bits per heavy atom. The van der Waals surface area contributed by atoms with E-state index < -0.39 is 17.9 Å². The Balaban J connectivity index is 2.51. The van der Waals surface area contributed by atoms with E-state index in [9.17, 15) is 9.59 Å². The Kier molecular flexibility index (Phi) is 3.49. The van der Waals surface area contributed by atoms with Crippen molar-refractivity contribution in [3.05, 3.63) is 23.8 Å². The first-order valence-corrected chi connectivity index (χ1v) is 5.86. The first-order valence-electron chi connectivity index (χ1n) is 5.86. The number of hydrogen-bond acceptors (Lipinski definition) is 5. The minimum atomic E-state index is -0.911. The van der Waals surface area contributed by atoms with Crippen LogP contribution >= 0.6 is 0 Å². The van der Waals surface area contributed by atoms with E-state index in [1.807, 2.05) is 6.07 Å².